The van der Waals surface area contributed by atoms with E-state index >= 15 is 0 Å². The number of aliphatic carboxylic acids is 1. The van der Waals surface area contributed by atoms with Gasteiger partial charge in [0.2, 0.25) is 0 Å². The van der Waals surface area contributed by atoms with Gasteiger partial charge in [-0.1, -0.05) is 0 Å². The van der Waals surface area contributed by atoms with E-state index in [4.69, 9.17) is 5.11 Å². The number of hydrogen-bond donors (Lipinski definition) is 1. The lowest BCUT2D eigenvalue weighted by Crippen LogP contribution is -2.31. The number of rotatable bonds is 4. The van der Waals surface area contributed by atoms with Gasteiger partial charge in [0, 0.05) is 19.6 Å². The maximum Gasteiger partial charge on any atom is 0.304 e. The number of carboxylic acid groups (broad SMARTS) is 1. The molecule has 100 valence electrons. The van der Waals surface area contributed by atoms with Crippen LogP contribution in [0.4, 0.5) is 0 Å². The van der Waals surface area contributed by atoms with Crippen LogP contribution in [0.1, 0.15) is 30.7 Å². The van der Waals surface area contributed by atoms with Crippen LogP contribution >= 0.6 is 15.9 Å². The first kappa shape index (κ1) is 13.5. The zero-order chi connectivity index (χ0) is 13.3. The zero-order valence-corrected chi connectivity index (χ0v) is 12.3. The van der Waals surface area contributed by atoms with Gasteiger partial charge in [-0.25, -0.2) is 0 Å². The van der Waals surface area contributed by atoms with Crippen molar-refractivity contribution in [3.63, 3.8) is 0 Å². The Morgan fingerprint density at radius 3 is 2.89 bits per heavy atom. The van der Waals surface area contributed by atoms with Gasteiger partial charge < -0.3 is 5.11 Å². The molecule has 0 radical (unpaired) electrons. The number of aromatic nitrogens is 2. The summed E-state index contributed by atoms with van der Waals surface area (Å²) in [5.74, 6) is -0.716. The lowest BCUT2D eigenvalue weighted by Gasteiger charge is -2.23. The third-order valence-corrected chi connectivity index (χ3v) is 4.56. The van der Waals surface area contributed by atoms with Crippen molar-refractivity contribution in [2.75, 3.05) is 6.54 Å². The minimum atomic E-state index is -0.716. The van der Waals surface area contributed by atoms with E-state index in [2.05, 4.69) is 25.9 Å². The highest BCUT2D eigenvalue weighted by Gasteiger charge is 2.28. The largest absolute Gasteiger partial charge is 0.481 e. The van der Waals surface area contributed by atoms with Gasteiger partial charge >= 0.3 is 5.97 Å². The molecule has 0 aliphatic carbocycles. The molecule has 1 aliphatic rings. The Morgan fingerprint density at radius 1 is 1.61 bits per heavy atom. The highest BCUT2D eigenvalue weighted by Crippen LogP contribution is 2.26. The minimum absolute atomic E-state index is 0.157. The molecule has 1 aliphatic heterocycles. The summed E-state index contributed by atoms with van der Waals surface area (Å²) in [4.78, 5) is 13.1. The highest BCUT2D eigenvalue weighted by molar-refractivity contribution is 9.10. The van der Waals surface area contributed by atoms with Crippen LogP contribution in [0.2, 0.25) is 0 Å². The fourth-order valence-corrected chi connectivity index (χ4v) is 3.04. The molecule has 0 spiro atoms. The molecule has 0 aromatic carbocycles. The van der Waals surface area contributed by atoms with Gasteiger partial charge in [-0.2, -0.15) is 5.10 Å². The molecule has 1 aromatic rings. The van der Waals surface area contributed by atoms with Gasteiger partial charge in [0.1, 0.15) is 0 Å². The van der Waals surface area contributed by atoms with Crippen LogP contribution in [0.15, 0.2) is 4.47 Å². The van der Waals surface area contributed by atoms with Gasteiger partial charge in [0.05, 0.1) is 22.3 Å². The lowest BCUT2D eigenvalue weighted by molar-refractivity contribution is -0.138. The van der Waals surface area contributed by atoms with Crippen molar-refractivity contribution >= 4 is 21.9 Å². The fourth-order valence-electron chi connectivity index (χ4n) is 2.58. The van der Waals surface area contributed by atoms with Crippen molar-refractivity contribution in [1.82, 2.24) is 14.7 Å². The summed E-state index contributed by atoms with van der Waals surface area (Å²) < 4.78 is 2.90. The molecule has 0 bridgehead atoms. The summed E-state index contributed by atoms with van der Waals surface area (Å²) in [5.41, 5.74) is 2.09. The Balaban J connectivity index is 2.10. The molecule has 0 amide bonds. The Bertz CT molecular complexity index is 458. The van der Waals surface area contributed by atoms with Crippen molar-refractivity contribution in [3.05, 3.63) is 15.9 Å². The van der Waals surface area contributed by atoms with E-state index < -0.39 is 5.97 Å². The monoisotopic (exact) mass is 315 g/mol. The van der Waals surface area contributed by atoms with Crippen LogP contribution in [-0.4, -0.2) is 38.3 Å². The fraction of sp³-hybridized carbons (Fsp3) is 0.667. The minimum Gasteiger partial charge on any atom is -0.481 e. The molecule has 2 rings (SSSR count). The summed E-state index contributed by atoms with van der Waals surface area (Å²) in [6.45, 7) is 3.69. The highest BCUT2D eigenvalue weighted by atomic mass is 79.9. The Labute approximate surface area is 115 Å². The van der Waals surface area contributed by atoms with E-state index in [9.17, 15) is 4.79 Å². The molecule has 1 unspecified atom stereocenters. The number of halogens is 1. The quantitative estimate of drug-likeness (QED) is 0.922. The normalized spacial score (nSPS) is 20.5. The predicted octanol–water partition coefficient (Wildman–Crippen LogP) is 1.93. The number of aryl methyl sites for hydroxylation is 2. The van der Waals surface area contributed by atoms with E-state index in [1.165, 1.54) is 0 Å². The van der Waals surface area contributed by atoms with E-state index in [0.717, 1.165) is 41.8 Å². The number of carbonyl (C=O) groups is 1. The maximum absolute atomic E-state index is 10.8. The molecule has 5 nitrogen and oxygen atoms in total. The molecular formula is C12H18BrN3O2. The molecule has 1 fully saturated rings. The Kier molecular flexibility index (Phi) is 4.07. The molecule has 6 heteroatoms. The van der Waals surface area contributed by atoms with Gasteiger partial charge in [-0.05, 0) is 42.2 Å². The van der Waals surface area contributed by atoms with Gasteiger partial charge in [0.25, 0.3) is 0 Å². The molecule has 1 N–H and O–H groups in total. The number of hydrogen-bond acceptors (Lipinski definition) is 3. The second-order valence-corrected chi connectivity index (χ2v) is 5.63. The van der Waals surface area contributed by atoms with Crippen LogP contribution in [-0.2, 0) is 18.4 Å². The predicted molar refractivity (Wildman–Crippen MR) is 71.3 cm³/mol. The van der Waals surface area contributed by atoms with Crippen LogP contribution < -0.4 is 0 Å². The van der Waals surface area contributed by atoms with Gasteiger partial charge in [0.15, 0.2) is 0 Å². The average molecular weight is 316 g/mol. The zero-order valence-electron chi connectivity index (χ0n) is 10.7. The Morgan fingerprint density at radius 2 is 2.33 bits per heavy atom. The molecular weight excluding hydrogens is 298 g/mol. The van der Waals surface area contributed by atoms with Crippen molar-refractivity contribution in [1.29, 1.82) is 0 Å². The molecule has 1 aromatic heterocycles. The van der Waals surface area contributed by atoms with Crippen molar-refractivity contribution < 1.29 is 9.90 Å². The Hall–Kier alpha value is -0.880. The standard InChI is InChI=1S/C12H18BrN3O2/c1-8-12(13)10(15(2)14-8)7-16-5-3-4-9(16)6-11(17)18/h9H,3-7H2,1-2H3,(H,17,18). The second kappa shape index (κ2) is 5.40. The molecule has 18 heavy (non-hydrogen) atoms. The SMILES string of the molecule is Cc1nn(C)c(CN2CCCC2CC(=O)O)c1Br. The number of likely N-dealkylation sites (tertiary alicyclic amines) is 1. The number of nitrogens with zero attached hydrogens (tertiary/aromatic N) is 3. The van der Waals surface area contributed by atoms with E-state index in [0.29, 0.717) is 0 Å². The van der Waals surface area contributed by atoms with Crippen LogP contribution in [0, 0.1) is 6.92 Å². The van der Waals surface area contributed by atoms with Crippen molar-refractivity contribution in [2.45, 2.75) is 38.8 Å². The summed E-state index contributed by atoms with van der Waals surface area (Å²) in [6.07, 6.45) is 2.28. The van der Waals surface area contributed by atoms with Crippen LogP contribution in [0.5, 0.6) is 0 Å². The first-order chi connectivity index (χ1) is 8.49. The molecule has 2 heterocycles. The number of carboxylic acids is 1. The van der Waals surface area contributed by atoms with Crippen LogP contribution in [0.25, 0.3) is 0 Å². The topological polar surface area (TPSA) is 58.4 Å². The van der Waals surface area contributed by atoms with Crippen molar-refractivity contribution in [3.8, 4) is 0 Å². The summed E-state index contributed by atoms with van der Waals surface area (Å²) in [5, 5.41) is 13.3. The lowest BCUT2D eigenvalue weighted by atomic mass is 10.1. The summed E-state index contributed by atoms with van der Waals surface area (Å²) in [7, 11) is 1.93. The third kappa shape index (κ3) is 2.75. The molecule has 1 saturated heterocycles. The molecule has 1 atom stereocenters. The van der Waals surface area contributed by atoms with E-state index in [1.54, 1.807) is 0 Å². The molecule has 0 saturated carbocycles. The maximum atomic E-state index is 10.8. The average Bonchev–Trinajstić information content (AvgIpc) is 2.79. The first-order valence-corrected chi connectivity index (χ1v) is 6.92. The van der Waals surface area contributed by atoms with E-state index in [-0.39, 0.29) is 12.5 Å². The van der Waals surface area contributed by atoms with Gasteiger partial charge in [-0.3, -0.25) is 14.4 Å². The summed E-state index contributed by atoms with van der Waals surface area (Å²) >= 11 is 3.55. The third-order valence-electron chi connectivity index (χ3n) is 3.52. The smallest absolute Gasteiger partial charge is 0.304 e. The first-order valence-electron chi connectivity index (χ1n) is 6.13. The summed E-state index contributed by atoms with van der Waals surface area (Å²) in [6, 6.07) is 0.157. The van der Waals surface area contributed by atoms with E-state index in [1.807, 2.05) is 18.7 Å². The second-order valence-electron chi connectivity index (χ2n) is 4.83. The van der Waals surface area contributed by atoms with Crippen molar-refractivity contribution in [2.24, 2.45) is 7.05 Å². The van der Waals surface area contributed by atoms with Crippen LogP contribution in [0.3, 0.4) is 0 Å². The van der Waals surface area contributed by atoms with Gasteiger partial charge in [-0.15, -0.1) is 0 Å².